The Morgan fingerprint density at radius 2 is 2.00 bits per heavy atom. The molecule has 0 saturated heterocycles. The van der Waals surface area contributed by atoms with Crippen molar-refractivity contribution in [2.24, 2.45) is 0 Å². The number of aromatic nitrogens is 1. The molecule has 1 aromatic heterocycles. The normalized spacial score (nSPS) is 11.7. The minimum Gasteiger partial charge on any atom is -0.285 e. The third-order valence-electron chi connectivity index (χ3n) is 1.45. The summed E-state index contributed by atoms with van der Waals surface area (Å²) in [6, 6.07) is 1.69. The summed E-state index contributed by atoms with van der Waals surface area (Å²) in [6.07, 6.45) is -3.39. The Labute approximate surface area is 66.8 Å². The molecule has 0 saturated carbocycles. The van der Waals surface area contributed by atoms with E-state index in [0.717, 1.165) is 18.3 Å². The van der Waals surface area contributed by atoms with Gasteiger partial charge in [0.05, 0.1) is 5.56 Å². The van der Waals surface area contributed by atoms with Gasteiger partial charge >= 0.3 is 6.18 Å². The van der Waals surface area contributed by atoms with Crippen LogP contribution in [0.5, 0.6) is 0 Å². The molecule has 1 N–H and O–H groups in total. The van der Waals surface area contributed by atoms with Gasteiger partial charge in [-0.2, -0.15) is 13.2 Å². The van der Waals surface area contributed by atoms with E-state index in [1.54, 1.807) is 0 Å². The van der Waals surface area contributed by atoms with Gasteiger partial charge in [0.15, 0.2) is 0 Å². The fourth-order valence-electron chi connectivity index (χ4n) is 0.784. The molecular formula is C7H7F3NO+. The molecule has 0 fully saturated rings. The van der Waals surface area contributed by atoms with Crippen molar-refractivity contribution >= 4 is 0 Å². The maximum absolute atomic E-state index is 12.0. The summed E-state index contributed by atoms with van der Waals surface area (Å²) in [5.74, 6) is 0. The molecule has 0 aliphatic rings. The van der Waals surface area contributed by atoms with Gasteiger partial charge in [-0.05, 0) is 0 Å². The largest absolute Gasteiger partial charge is 0.416 e. The van der Waals surface area contributed by atoms with Gasteiger partial charge in [-0.1, -0.05) is 0 Å². The second-order valence-corrected chi connectivity index (χ2v) is 2.40. The van der Waals surface area contributed by atoms with Crippen LogP contribution in [-0.4, -0.2) is 5.21 Å². The Morgan fingerprint density at radius 3 is 2.42 bits per heavy atom. The fraction of sp³-hybridized carbons (Fsp3) is 0.286. The average molecular weight is 178 g/mol. The summed E-state index contributed by atoms with van der Waals surface area (Å²) in [7, 11) is 0. The van der Waals surface area contributed by atoms with Crippen LogP contribution in [0.4, 0.5) is 13.2 Å². The summed E-state index contributed by atoms with van der Waals surface area (Å²) >= 11 is 0. The first kappa shape index (κ1) is 8.83. The monoisotopic (exact) mass is 178 g/mol. The lowest BCUT2D eigenvalue weighted by Crippen LogP contribution is -2.33. The van der Waals surface area contributed by atoms with Gasteiger partial charge in [-0.25, -0.2) is 0 Å². The first-order chi connectivity index (χ1) is 5.41. The van der Waals surface area contributed by atoms with Crippen LogP contribution in [0.25, 0.3) is 0 Å². The van der Waals surface area contributed by atoms with E-state index in [9.17, 15) is 13.2 Å². The standard InChI is InChI=1S/C7H7F3NO/c1-5-4-6(7(8,9)10)2-3-11(5)12/h2-4,12H,1H3/q+1. The van der Waals surface area contributed by atoms with Gasteiger partial charge in [0.1, 0.15) is 0 Å². The number of pyridine rings is 1. The number of nitrogens with zero attached hydrogens (tertiary/aromatic N) is 1. The molecule has 0 bridgehead atoms. The highest BCUT2D eigenvalue weighted by atomic mass is 19.4. The van der Waals surface area contributed by atoms with Gasteiger partial charge < -0.3 is 0 Å². The van der Waals surface area contributed by atoms with Crippen LogP contribution in [0.2, 0.25) is 0 Å². The highest BCUT2D eigenvalue weighted by Gasteiger charge is 2.32. The minimum absolute atomic E-state index is 0.143. The fourth-order valence-corrected chi connectivity index (χ4v) is 0.784. The lowest BCUT2D eigenvalue weighted by Gasteiger charge is -2.03. The van der Waals surface area contributed by atoms with Crippen molar-refractivity contribution in [2.45, 2.75) is 13.1 Å². The van der Waals surface area contributed by atoms with Crippen molar-refractivity contribution in [1.82, 2.24) is 0 Å². The number of hydrogen-bond donors (Lipinski definition) is 1. The summed E-state index contributed by atoms with van der Waals surface area (Å²) in [4.78, 5) is 0. The molecular weight excluding hydrogens is 171 g/mol. The van der Waals surface area contributed by atoms with Gasteiger partial charge in [0, 0.05) is 23.8 Å². The molecule has 2 nitrogen and oxygen atoms in total. The summed E-state index contributed by atoms with van der Waals surface area (Å²) in [5.41, 5.74) is -0.616. The summed E-state index contributed by atoms with van der Waals surface area (Å²) in [5, 5.41) is 8.86. The maximum atomic E-state index is 12.0. The van der Waals surface area contributed by atoms with E-state index >= 15 is 0 Å². The van der Waals surface area contributed by atoms with Gasteiger partial charge in [-0.3, -0.25) is 5.21 Å². The smallest absolute Gasteiger partial charge is 0.285 e. The van der Waals surface area contributed by atoms with Crippen LogP contribution in [0, 0.1) is 6.92 Å². The molecule has 0 atom stereocenters. The van der Waals surface area contributed by atoms with Crippen LogP contribution in [0.3, 0.4) is 0 Å². The van der Waals surface area contributed by atoms with Crippen LogP contribution in [-0.2, 0) is 6.18 Å². The highest BCUT2D eigenvalue weighted by molar-refractivity contribution is 5.15. The maximum Gasteiger partial charge on any atom is 0.416 e. The average Bonchev–Trinajstić information content (AvgIpc) is 1.92. The molecule has 1 rings (SSSR count). The summed E-state index contributed by atoms with van der Waals surface area (Å²) in [6.45, 7) is 1.38. The van der Waals surface area contributed by atoms with E-state index < -0.39 is 11.7 Å². The number of rotatable bonds is 0. The Hall–Kier alpha value is -1.26. The SMILES string of the molecule is Cc1cc(C(F)(F)F)cc[n+]1O. The lowest BCUT2D eigenvalue weighted by molar-refractivity contribution is -0.908. The Kier molecular flexibility index (Phi) is 1.95. The van der Waals surface area contributed by atoms with Gasteiger partial charge in [0.25, 0.3) is 0 Å². The van der Waals surface area contributed by atoms with Gasteiger partial charge in [-0.15, -0.1) is 0 Å². The second kappa shape index (κ2) is 2.66. The van der Waals surface area contributed by atoms with E-state index in [1.165, 1.54) is 6.92 Å². The van der Waals surface area contributed by atoms with E-state index in [1.807, 2.05) is 0 Å². The molecule has 0 aliphatic heterocycles. The topological polar surface area (TPSA) is 24.1 Å². The molecule has 0 aliphatic carbocycles. The third kappa shape index (κ3) is 1.66. The number of hydrogen-bond acceptors (Lipinski definition) is 1. The quantitative estimate of drug-likeness (QED) is 0.473. The Morgan fingerprint density at radius 1 is 1.42 bits per heavy atom. The Bertz CT molecular complexity index is 295. The van der Waals surface area contributed by atoms with Crippen molar-refractivity contribution in [1.29, 1.82) is 0 Å². The van der Waals surface area contributed by atoms with Crippen LogP contribution >= 0.6 is 0 Å². The van der Waals surface area contributed by atoms with Crippen LogP contribution in [0.1, 0.15) is 11.3 Å². The first-order valence-electron chi connectivity index (χ1n) is 3.20. The molecule has 0 amide bonds. The molecule has 5 heteroatoms. The molecule has 1 aromatic rings. The van der Waals surface area contributed by atoms with Crippen molar-refractivity contribution in [3.05, 3.63) is 29.6 Å². The van der Waals surface area contributed by atoms with Crippen molar-refractivity contribution in [3.8, 4) is 0 Å². The molecule has 12 heavy (non-hydrogen) atoms. The predicted molar refractivity (Wildman–Crippen MR) is 33.6 cm³/mol. The molecule has 0 unspecified atom stereocenters. The van der Waals surface area contributed by atoms with Crippen molar-refractivity contribution in [2.75, 3.05) is 0 Å². The zero-order valence-corrected chi connectivity index (χ0v) is 6.26. The Balaban J connectivity index is 3.14. The number of halogens is 3. The molecule has 1 heterocycles. The van der Waals surface area contributed by atoms with Crippen molar-refractivity contribution < 1.29 is 23.1 Å². The third-order valence-corrected chi connectivity index (χ3v) is 1.45. The van der Waals surface area contributed by atoms with Crippen LogP contribution < -0.4 is 4.73 Å². The first-order valence-corrected chi connectivity index (χ1v) is 3.20. The van der Waals surface area contributed by atoms with Crippen molar-refractivity contribution in [3.63, 3.8) is 0 Å². The van der Waals surface area contributed by atoms with Crippen LogP contribution in [0.15, 0.2) is 18.3 Å². The number of alkyl halides is 3. The van der Waals surface area contributed by atoms with E-state index in [4.69, 9.17) is 5.21 Å². The highest BCUT2D eigenvalue weighted by Crippen LogP contribution is 2.28. The number of aryl methyl sites for hydroxylation is 1. The molecule has 0 radical (unpaired) electrons. The zero-order chi connectivity index (χ0) is 9.35. The van der Waals surface area contributed by atoms with E-state index in [-0.39, 0.29) is 5.69 Å². The predicted octanol–water partition coefficient (Wildman–Crippen LogP) is 1.54. The van der Waals surface area contributed by atoms with E-state index in [0.29, 0.717) is 4.73 Å². The lowest BCUT2D eigenvalue weighted by atomic mass is 10.2. The van der Waals surface area contributed by atoms with E-state index in [2.05, 4.69) is 0 Å². The zero-order valence-electron chi connectivity index (χ0n) is 6.26. The molecule has 66 valence electrons. The van der Waals surface area contributed by atoms with Gasteiger partial charge in [0.2, 0.25) is 11.9 Å². The molecule has 0 spiro atoms. The summed E-state index contributed by atoms with van der Waals surface area (Å²) < 4.78 is 36.7. The second-order valence-electron chi connectivity index (χ2n) is 2.40. The molecule has 0 aromatic carbocycles. The minimum atomic E-state index is -4.35.